The number of aliphatic hydroxyl groups is 1. The Morgan fingerprint density at radius 3 is 2.25 bits per heavy atom. The van der Waals surface area contributed by atoms with E-state index in [1.54, 1.807) is 14.1 Å². The van der Waals surface area contributed by atoms with Gasteiger partial charge in [0.25, 0.3) is 0 Å². The molecule has 9 heteroatoms. The van der Waals surface area contributed by atoms with Crippen molar-refractivity contribution in [3.63, 3.8) is 0 Å². The van der Waals surface area contributed by atoms with Crippen molar-refractivity contribution in [2.75, 3.05) is 27.2 Å². The number of carbonyl (C=O) groups is 1. The minimum Gasteiger partial charge on any atom is -0.392 e. The summed E-state index contributed by atoms with van der Waals surface area (Å²) in [6.45, 7) is 1.09. The summed E-state index contributed by atoms with van der Waals surface area (Å²) in [5.41, 5.74) is -0.223. The fourth-order valence-electron chi connectivity index (χ4n) is 3.52. The van der Waals surface area contributed by atoms with Gasteiger partial charge < -0.3 is 10.0 Å². The predicted octanol–water partition coefficient (Wildman–Crippen LogP) is 3.67. The summed E-state index contributed by atoms with van der Waals surface area (Å²) < 4.78 is 38.8. The molecule has 0 bridgehead atoms. The van der Waals surface area contributed by atoms with Crippen molar-refractivity contribution in [1.29, 1.82) is 5.41 Å². The van der Waals surface area contributed by atoms with E-state index in [2.05, 4.69) is 15.9 Å². The number of carbonyl (C=O) groups excluding carboxylic acids is 1. The van der Waals surface area contributed by atoms with Crippen molar-refractivity contribution in [2.45, 2.75) is 37.6 Å². The monoisotopic (exact) mass is 463 g/mol. The Labute approximate surface area is 171 Å². The molecule has 1 amide bonds. The lowest BCUT2D eigenvalue weighted by Crippen LogP contribution is -2.45. The van der Waals surface area contributed by atoms with Crippen LogP contribution in [0.5, 0.6) is 0 Å². The maximum absolute atomic E-state index is 12.8. The molecule has 1 unspecified atom stereocenters. The Hall–Kier alpha value is -1.45. The number of hydrogen-bond donors (Lipinski definition) is 2. The van der Waals surface area contributed by atoms with E-state index in [4.69, 9.17) is 5.41 Å². The normalized spacial score (nSPS) is 18.5. The molecule has 2 N–H and O–H groups in total. The number of nitrogens with one attached hydrogen (secondary N) is 1. The first-order valence-corrected chi connectivity index (χ1v) is 9.83. The molecule has 1 aliphatic rings. The molecule has 1 heterocycles. The Balaban J connectivity index is 2.17. The van der Waals surface area contributed by atoms with Crippen LogP contribution in [0.1, 0.15) is 36.4 Å². The van der Waals surface area contributed by atoms with Crippen LogP contribution in [0.2, 0.25) is 0 Å². The number of rotatable bonds is 6. The summed E-state index contributed by atoms with van der Waals surface area (Å²) in [5, 5.41) is 17.7. The summed E-state index contributed by atoms with van der Waals surface area (Å²) >= 11 is 3.04. The van der Waals surface area contributed by atoms with Crippen molar-refractivity contribution in [1.82, 2.24) is 9.80 Å². The lowest BCUT2D eigenvalue weighted by Gasteiger charge is -2.39. The quantitative estimate of drug-likeness (QED) is 0.632. The minimum atomic E-state index is -4.42. The van der Waals surface area contributed by atoms with E-state index in [1.165, 1.54) is 17.0 Å². The van der Waals surface area contributed by atoms with E-state index in [0.717, 1.165) is 12.1 Å². The largest absolute Gasteiger partial charge is 0.416 e. The molecule has 156 valence electrons. The van der Waals surface area contributed by atoms with Crippen molar-refractivity contribution in [3.05, 3.63) is 35.4 Å². The van der Waals surface area contributed by atoms with Crippen LogP contribution in [-0.2, 0) is 11.0 Å². The van der Waals surface area contributed by atoms with Gasteiger partial charge in [0.2, 0.25) is 5.91 Å². The minimum absolute atomic E-state index is 0.0249. The molecule has 1 saturated heterocycles. The van der Waals surface area contributed by atoms with Crippen LogP contribution < -0.4 is 0 Å². The van der Waals surface area contributed by atoms with E-state index >= 15 is 0 Å². The number of amides is 1. The summed E-state index contributed by atoms with van der Waals surface area (Å²) in [7, 11) is 3.25. The summed E-state index contributed by atoms with van der Waals surface area (Å²) in [5.74, 6) is -0.169. The standard InChI is InChI=1S/C19H25BrF3N3O2/c1-25(2)18(28)17(13-3-5-14(6-4-13)19(21,22)23)26-9-7-12(8-10-26)15(27)11-16(20)24/h3-6,12,15,17,24,27H,7-11H2,1-2H3/t15-,17?/m1/s1. The summed E-state index contributed by atoms with van der Waals surface area (Å²) in [6.07, 6.45) is -3.48. The maximum Gasteiger partial charge on any atom is 0.416 e. The van der Waals surface area contributed by atoms with E-state index in [9.17, 15) is 23.1 Å². The third-order valence-corrected chi connectivity index (χ3v) is 5.42. The first kappa shape index (κ1) is 22.8. The second-order valence-corrected chi connectivity index (χ2v) is 8.26. The van der Waals surface area contributed by atoms with Crippen molar-refractivity contribution in [3.8, 4) is 0 Å². The number of halogens is 4. The number of alkyl halides is 3. The number of nitrogens with zero attached hydrogens (tertiary/aromatic N) is 2. The second kappa shape index (κ2) is 9.37. The number of hydrogen-bond acceptors (Lipinski definition) is 4. The number of benzene rings is 1. The predicted molar refractivity (Wildman–Crippen MR) is 104 cm³/mol. The Kier molecular flexibility index (Phi) is 7.64. The van der Waals surface area contributed by atoms with Crippen molar-refractivity contribution < 1.29 is 23.1 Å². The zero-order valence-corrected chi connectivity index (χ0v) is 17.4. The zero-order chi connectivity index (χ0) is 21.1. The fraction of sp³-hybridized carbons (Fsp3) is 0.579. The van der Waals surface area contributed by atoms with Gasteiger partial charge in [0.1, 0.15) is 6.04 Å². The number of aliphatic hydroxyl groups excluding tert-OH is 1. The molecule has 1 aromatic rings. The SMILES string of the molecule is CN(C)C(=O)C(c1ccc(C(F)(F)F)cc1)N1CCC([C@H](O)CC(=N)Br)CC1. The van der Waals surface area contributed by atoms with Gasteiger partial charge in [-0.3, -0.25) is 15.1 Å². The van der Waals surface area contributed by atoms with Gasteiger partial charge in [-0.05, 0) is 65.5 Å². The molecule has 1 aromatic carbocycles. The number of likely N-dealkylation sites (tertiary alicyclic amines) is 1. The van der Waals surface area contributed by atoms with E-state index in [-0.39, 0.29) is 22.9 Å². The summed E-state index contributed by atoms with van der Waals surface area (Å²) in [6, 6.07) is 4.07. The first-order chi connectivity index (χ1) is 13.0. The van der Waals surface area contributed by atoms with E-state index in [1.807, 2.05) is 4.90 Å². The molecular weight excluding hydrogens is 439 g/mol. The highest BCUT2D eigenvalue weighted by Crippen LogP contribution is 2.33. The molecule has 0 radical (unpaired) electrons. The highest BCUT2D eigenvalue weighted by molar-refractivity contribution is 9.18. The van der Waals surface area contributed by atoms with Gasteiger partial charge in [-0.25, -0.2) is 0 Å². The highest BCUT2D eigenvalue weighted by atomic mass is 79.9. The molecule has 0 saturated carbocycles. The fourth-order valence-corrected chi connectivity index (χ4v) is 3.85. The third-order valence-electron chi connectivity index (χ3n) is 5.10. The number of likely N-dealkylation sites (N-methyl/N-ethyl adjacent to an activating group) is 1. The lowest BCUT2D eigenvalue weighted by atomic mass is 9.88. The average Bonchev–Trinajstić information content (AvgIpc) is 2.61. The Morgan fingerprint density at radius 1 is 1.29 bits per heavy atom. The van der Waals surface area contributed by atoms with Crippen LogP contribution in [0.15, 0.2) is 24.3 Å². The average molecular weight is 464 g/mol. The second-order valence-electron chi connectivity index (χ2n) is 7.30. The zero-order valence-electron chi connectivity index (χ0n) is 15.8. The van der Waals surface area contributed by atoms with Crippen LogP contribution >= 0.6 is 15.9 Å². The van der Waals surface area contributed by atoms with Gasteiger partial charge in [0, 0.05) is 20.5 Å². The lowest BCUT2D eigenvalue weighted by molar-refractivity contribution is -0.137. The molecule has 1 aliphatic heterocycles. The van der Waals surface area contributed by atoms with Gasteiger partial charge in [-0.2, -0.15) is 13.2 Å². The van der Waals surface area contributed by atoms with Gasteiger partial charge in [0.05, 0.1) is 16.3 Å². The van der Waals surface area contributed by atoms with Crippen LogP contribution in [0, 0.1) is 11.3 Å². The smallest absolute Gasteiger partial charge is 0.392 e. The summed E-state index contributed by atoms with van der Waals surface area (Å²) in [4.78, 5) is 16.2. The molecule has 28 heavy (non-hydrogen) atoms. The van der Waals surface area contributed by atoms with E-state index in [0.29, 0.717) is 31.5 Å². The maximum atomic E-state index is 12.8. The van der Waals surface area contributed by atoms with Crippen LogP contribution in [0.25, 0.3) is 0 Å². The molecule has 2 rings (SSSR count). The Bertz CT molecular complexity index is 687. The molecule has 0 aromatic heterocycles. The van der Waals surface area contributed by atoms with Gasteiger partial charge >= 0.3 is 6.18 Å². The van der Waals surface area contributed by atoms with Crippen LogP contribution in [0.3, 0.4) is 0 Å². The molecule has 1 fully saturated rings. The van der Waals surface area contributed by atoms with Gasteiger partial charge in [0.15, 0.2) is 0 Å². The molecule has 0 spiro atoms. The highest BCUT2D eigenvalue weighted by Gasteiger charge is 2.35. The van der Waals surface area contributed by atoms with Gasteiger partial charge in [-0.1, -0.05) is 12.1 Å². The first-order valence-electron chi connectivity index (χ1n) is 9.04. The van der Waals surface area contributed by atoms with E-state index < -0.39 is 23.9 Å². The van der Waals surface area contributed by atoms with Gasteiger partial charge in [-0.15, -0.1) is 0 Å². The third kappa shape index (κ3) is 5.78. The molecule has 0 aliphatic carbocycles. The van der Waals surface area contributed by atoms with Crippen LogP contribution in [0.4, 0.5) is 13.2 Å². The molecule has 5 nitrogen and oxygen atoms in total. The Morgan fingerprint density at radius 2 is 1.82 bits per heavy atom. The topological polar surface area (TPSA) is 67.6 Å². The molecule has 2 atom stereocenters. The molecular formula is C19H25BrF3N3O2. The van der Waals surface area contributed by atoms with Crippen molar-refractivity contribution >= 4 is 26.5 Å². The van der Waals surface area contributed by atoms with Crippen molar-refractivity contribution in [2.24, 2.45) is 5.92 Å². The van der Waals surface area contributed by atoms with Crippen LogP contribution in [-0.4, -0.2) is 58.7 Å². The number of piperidine rings is 1.